The molecule has 2 heterocycles. The van der Waals surface area contributed by atoms with E-state index in [1.807, 2.05) is 49.9 Å². The predicted octanol–water partition coefficient (Wildman–Crippen LogP) is 3.89. The van der Waals surface area contributed by atoms with E-state index in [4.69, 9.17) is 21.1 Å². The maximum atomic E-state index is 12.8. The van der Waals surface area contributed by atoms with Gasteiger partial charge in [-0.05, 0) is 39.0 Å². The van der Waals surface area contributed by atoms with Gasteiger partial charge in [0, 0.05) is 38.4 Å². The number of pyridine rings is 1. The van der Waals surface area contributed by atoms with E-state index in [1.54, 1.807) is 18.3 Å². The normalized spacial score (nSPS) is 14.8. The molecule has 6 nitrogen and oxygen atoms in total. The van der Waals surface area contributed by atoms with Crippen LogP contribution in [0.1, 0.15) is 31.1 Å². The van der Waals surface area contributed by atoms with Gasteiger partial charge >= 0.3 is 0 Å². The lowest BCUT2D eigenvalue weighted by molar-refractivity contribution is -0.0168. The van der Waals surface area contributed by atoms with Crippen LogP contribution in [0.5, 0.6) is 5.88 Å². The average molecular weight is 418 g/mol. The molecule has 0 aliphatic carbocycles. The first-order chi connectivity index (χ1) is 13.8. The number of piperazine rings is 1. The Hall–Kier alpha value is -2.31. The molecule has 2 aromatic rings. The van der Waals surface area contributed by atoms with Crippen LogP contribution >= 0.6 is 11.6 Å². The Balaban J connectivity index is 1.49. The molecule has 156 valence electrons. The van der Waals surface area contributed by atoms with Crippen molar-refractivity contribution in [1.29, 1.82) is 0 Å². The highest BCUT2D eigenvalue weighted by molar-refractivity contribution is 6.33. The number of hydrogen-bond acceptors (Lipinski definition) is 5. The fourth-order valence-electron chi connectivity index (χ4n) is 3.13. The van der Waals surface area contributed by atoms with Crippen molar-refractivity contribution in [3.63, 3.8) is 0 Å². The summed E-state index contributed by atoms with van der Waals surface area (Å²) < 4.78 is 11.2. The molecule has 3 rings (SSSR count). The van der Waals surface area contributed by atoms with Gasteiger partial charge in [0.1, 0.15) is 6.61 Å². The summed E-state index contributed by atoms with van der Waals surface area (Å²) in [7, 11) is 0. The smallest absolute Gasteiger partial charge is 0.255 e. The van der Waals surface area contributed by atoms with Crippen LogP contribution in [0.2, 0.25) is 5.02 Å². The van der Waals surface area contributed by atoms with Gasteiger partial charge in [-0.15, -0.1) is 0 Å². The third kappa shape index (κ3) is 6.08. The SMILES string of the molecule is CC(C)(C)OCCOc1ccc(C(=O)N2CCN(c3ccccc3Cl)CC2)cn1. The molecule has 0 radical (unpaired) electrons. The number of carbonyl (C=O) groups excluding carboxylic acids is 1. The highest BCUT2D eigenvalue weighted by Gasteiger charge is 2.23. The number of aromatic nitrogens is 1. The van der Waals surface area contributed by atoms with Crippen LogP contribution < -0.4 is 9.64 Å². The fourth-order valence-corrected chi connectivity index (χ4v) is 3.38. The van der Waals surface area contributed by atoms with Crippen molar-refractivity contribution in [2.75, 3.05) is 44.3 Å². The number of benzene rings is 1. The van der Waals surface area contributed by atoms with Crippen LogP contribution in [-0.2, 0) is 4.74 Å². The van der Waals surface area contributed by atoms with Gasteiger partial charge < -0.3 is 19.3 Å². The third-order valence-electron chi connectivity index (χ3n) is 4.61. The molecular weight excluding hydrogens is 390 g/mol. The number of halogens is 1. The molecule has 1 aliphatic heterocycles. The molecule has 29 heavy (non-hydrogen) atoms. The Labute approximate surface area is 177 Å². The first kappa shape index (κ1) is 21.4. The van der Waals surface area contributed by atoms with Crippen molar-refractivity contribution in [3.05, 3.63) is 53.2 Å². The van der Waals surface area contributed by atoms with E-state index in [9.17, 15) is 4.79 Å². The zero-order chi connectivity index (χ0) is 20.9. The summed E-state index contributed by atoms with van der Waals surface area (Å²) in [5.74, 6) is 0.474. The molecule has 0 spiro atoms. The molecular formula is C22H28ClN3O3. The molecule has 0 atom stereocenters. The van der Waals surface area contributed by atoms with Crippen LogP contribution in [0.15, 0.2) is 42.6 Å². The van der Waals surface area contributed by atoms with E-state index in [0.29, 0.717) is 37.7 Å². The summed E-state index contributed by atoms with van der Waals surface area (Å²) in [6, 6.07) is 11.3. The lowest BCUT2D eigenvalue weighted by atomic mass is 10.2. The topological polar surface area (TPSA) is 54.9 Å². The minimum absolute atomic E-state index is 0.0149. The van der Waals surface area contributed by atoms with Crippen LogP contribution in [0.25, 0.3) is 0 Å². The number of amides is 1. The van der Waals surface area contributed by atoms with Crippen molar-refractivity contribution in [3.8, 4) is 5.88 Å². The molecule has 1 fully saturated rings. The van der Waals surface area contributed by atoms with E-state index in [-0.39, 0.29) is 11.5 Å². The Bertz CT molecular complexity index is 813. The number of ether oxygens (including phenoxy) is 2. The van der Waals surface area contributed by atoms with Gasteiger partial charge in [0.15, 0.2) is 0 Å². The molecule has 1 aliphatic rings. The lowest BCUT2D eigenvalue weighted by Gasteiger charge is -2.36. The summed E-state index contributed by atoms with van der Waals surface area (Å²) in [6.45, 7) is 9.69. The van der Waals surface area contributed by atoms with Gasteiger partial charge in [-0.3, -0.25) is 4.79 Å². The summed E-state index contributed by atoms with van der Waals surface area (Å²) in [4.78, 5) is 21.1. The highest BCUT2D eigenvalue weighted by atomic mass is 35.5. The molecule has 1 aromatic heterocycles. The Morgan fingerprint density at radius 3 is 2.41 bits per heavy atom. The van der Waals surface area contributed by atoms with Crippen LogP contribution in [0.3, 0.4) is 0 Å². The van der Waals surface area contributed by atoms with Gasteiger partial charge in [0.2, 0.25) is 5.88 Å². The van der Waals surface area contributed by atoms with Crippen LogP contribution in [0, 0.1) is 0 Å². The molecule has 0 bridgehead atoms. The Morgan fingerprint density at radius 1 is 1.07 bits per heavy atom. The lowest BCUT2D eigenvalue weighted by Crippen LogP contribution is -2.48. The molecule has 1 amide bonds. The van der Waals surface area contributed by atoms with Crippen LogP contribution in [-0.4, -0.2) is 60.8 Å². The molecule has 0 saturated carbocycles. The summed E-state index contributed by atoms with van der Waals surface area (Å²) in [6.07, 6.45) is 1.57. The molecule has 7 heteroatoms. The van der Waals surface area contributed by atoms with Gasteiger partial charge in [0.05, 0.1) is 28.5 Å². The van der Waals surface area contributed by atoms with Crippen molar-refractivity contribution in [2.45, 2.75) is 26.4 Å². The van der Waals surface area contributed by atoms with Crippen molar-refractivity contribution >= 4 is 23.2 Å². The minimum Gasteiger partial charge on any atom is -0.475 e. The molecule has 1 aromatic carbocycles. The minimum atomic E-state index is -0.192. The number of carbonyl (C=O) groups is 1. The Kier molecular flexibility index (Phi) is 6.98. The van der Waals surface area contributed by atoms with Crippen molar-refractivity contribution in [2.24, 2.45) is 0 Å². The zero-order valence-electron chi connectivity index (χ0n) is 17.2. The third-order valence-corrected chi connectivity index (χ3v) is 4.93. The zero-order valence-corrected chi connectivity index (χ0v) is 18.0. The number of para-hydroxylation sites is 1. The summed E-state index contributed by atoms with van der Waals surface area (Å²) in [5.41, 5.74) is 1.39. The van der Waals surface area contributed by atoms with Crippen molar-refractivity contribution in [1.82, 2.24) is 9.88 Å². The largest absolute Gasteiger partial charge is 0.475 e. The van der Waals surface area contributed by atoms with E-state index >= 15 is 0 Å². The van der Waals surface area contributed by atoms with E-state index in [1.165, 1.54) is 0 Å². The predicted molar refractivity (Wildman–Crippen MR) is 115 cm³/mol. The number of hydrogen-bond donors (Lipinski definition) is 0. The van der Waals surface area contributed by atoms with Gasteiger partial charge in [-0.25, -0.2) is 4.98 Å². The van der Waals surface area contributed by atoms with Crippen molar-refractivity contribution < 1.29 is 14.3 Å². The maximum absolute atomic E-state index is 12.8. The number of rotatable bonds is 6. The van der Waals surface area contributed by atoms with Gasteiger partial charge in [0.25, 0.3) is 5.91 Å². The average Bonchev–Trinajstić information content (AvgIpc) is 2.71. The van der Waals surface area contributed by atoms with E-state index < -0.39 is 0 Å². The molecule has 0 N–H and O–H groups in total. The molecule has 0 unspecified atom stereocenters. The summed E-state index contributed by atoms with van der Waals surface area (Å²) >= 11 is 6.28. The standard InChI is InChI=1S/C22H28ClN3O3/c1-22(2,3)29-15-14-28-20-9-8-17(16-24-20)21(27)26-12-10-25(11-13-26)19-7-5-4-6-18(19)23/h4-9,16H,10-15H2,1-3H3. The quantitative estimate of drug-likeness (QED) is 0.667. The fraction of sp³-hybridized carbons (Fsp3) is 0.455. The number of nitrogens with zero attached hydrogens (tertiary/aromatic N) is 3. The Morgan fingerprint density at radius 2 is 1.79 bits per heavy atom. The summed E-state index contributed by atoms with van der Waals surface area (Å²) in [5, 5.41) is 0.736. The van der Waals surface area contributed by atoms with Gasteiger partial charge in [-0.2, -0.15) is 0 Å². The second kappa shape index (κ2) is 9.46. The van der Waals surface area contributed by atoms with Gasteiger partial charge in [-0.1, -0.05) is 23.7 Å². The first-order valence-corrected chi connectivity index (χ1v) is 10.2. The monoisotopic (exact) mass is 417 g/mol. The first-order valence-electron chi connectivity index (χ1n) is 9.85. The van der Waals surface area contributed by atoms with E-state index in [0.717, 1.165) is 23.8 Å². The number of anilines is 1. The maximum Gasteiger partial charge on any atom is 0.255 e. The highest BCUT2D eigenvalue weighted by Crippen LogP contribution is 2.26. The second-order valence-electron chi connectivity index (χ2n) is 7.93. The van der Waals surface area contributed by atoms with E-state index in [2.05, 4.69) is 9.88 Å². The van der Waals surface area contributed by atoms with Crippen LogP contribution in [0.4, 0.5) is 5.69 Å². The second-order valence-corrected chi connectivity index (χ2v) is 8.33. The molecule has 1 saturated heterocycles.